The average Bonchev–Trinajstić information content (AvgIpc) is 3.36. The van der Waals surface area contributed by atoms with E-state index in [0.29, 0.717) is 17.0 Å². The van der Waals surface area contributed by atoms with Crippen LogP contribution in [0.15, 0.2) is 65.7 Å². The summed E-state index contributed by atoms with van der Waals surface area (Å²) < 4.78 is 0. The Labute approximate surface area is 187 Å². The van der Waals surface area contributed by atoms with Crippen LogP contribution < -0.4 is 10.2 Å². The maximum absolute atomic E-state index is 13.5. The molecule has 0 saturated heterocycles. The zero-order valence-corrected chi connectivity index (χ0v) is 18.9. The lowest BCUT2D eigenvalue weighted by Crippen LogP contribution is -2.32. The first-order valence-electron chi connectivity index (χ1n) is 10.6. The number of carbonyl (C=O) groups excluding carboxylic acids is 2. The zero-order valence-electron chi connectivity index (χ0n) is 18.1. The van der Waals surface area contributed by atoms with Gasteiger partial charge in [-0.05, 0) is 73.0 Å². The number of imide groups is 1. The van der Waals surface area contributed by atoms with Gasteiger partial charge < -0.3 is 5.32 Å². The Morgan fingerprint density at radius 3 is 2.42 bits per heavy atom. The summed E-state index contributed by atoms with van der Waals surface area (Å²) in [6, 6.07) is 17.6. The van der Waals surface area contributed by atoms with Crippen molar-refractivity contribution in [2.24, 2.45) is 0 Å². The first-order chi connectivity index (χ1) is 15.0. The number of benzene rings is 2. The summed E-state index contributed by atoms with van der Waals surface area (Å²) in [5, 5.41) is 5.20. The van der Waals surface area contributed by atoms with Crippen molar-refractivity contribution in [3.8, 4) is 0 Å². The van der Waals surface area contributed by atoms with Crippen molar-refractivity contribution in [2.75, 3.05) is 10.2 Å². The minimum absolute atomic E-state index is 0.290. The van der Waals surface area contributed by atoms with Crippen LogP contribution in [-0.2, 0) is 16.0 Å². The van der Waals surface area contributed by atoms with Gasteiger partial charge in [-0.25, -0.2) is 4.90 Å². The zero-order chi connectivity index (χ0) is 22.0. The smallest absolute Gasteiger partial charge is 0.282 e. The summed E-state index contributed by atoms with van der Waals surface area (Å²) in [7, 11) is 0. The van der Waals surface area contributed by atoms with E-state index in [9.17, 15) is 9.59 Å². The minimum atomic E-state index is -0.324. The van der Waals surface area contributed by atoms with E-state index < -0.39 is 0 Å². The number of hydrogen-bond donors (Lipinski definition) is 1. The largest absolute Gasteiger partial charge is 0.350 e. The number of rotatable bonds is 7. The van der Waals surface area contributed by atoms with Gasteiger partial charge in [-0.3, -0.25) is 9.59 Å². The molecule has 5 heteroatoms. The van der Waals surface area contributed by atoms with Crippen LogP contribution in [0.4, 0.5) is 11.4 Å². The standard InChI is InChI=1S/C26H26N2O2S/c1-4-5-7-19-11-13-20(14-12-19)28-25(29)23(22-8-6-15-31-22)24(26(28)30)27-21-16-17(2)9-10-18(21)3/h6,8-16,27H,4-5,7H2,1-3H3. The molecule has 1 aromatic heterocycles. The van der Waals surface area contributed by atoms with E-state index in [1.54, 1.807) is 0 Å². The number of amides is 2. The molecule has 4 nitrogen and oxygen atoms in total. The molecule has 2 amide bonds. The van der Waals surface area contributed by atoms with E-state index in [1.807, 2.05) is 73.8 Å². The van der Waals surface area contributed by atoms with Crippen LogP contribution in [0.1, 0.15) is 41.3 Å². The minimum Gasteiger partial charge on any atom is -0.350 e. The number of hydrogen-bond acceptors (Lipinski definition) is 4. The molecule has 2 heterocycles. The van der Waals surface area contributed by atoms with Crippen molar-refractivity contribution in [1.29, 1.82) is 0 Å². The van der Waals surface area contributed by atoms with Gasteiger partial charge in [0.1, 0.15) is 5.70 Å². The van der Waals surface area contributed by atoms with Crippen molar-refractivity contribution in [3.63, 3.8) is 0 Å². The molecule has 158 valence electrons. The molecule has 0 aliphatic carbocycles. The second-order valence-corrected chi connectivity index (χ2v) is 8.83. The number of thiophene rings is 1. The summed E-state index contributed by atoms with van der Waals surface area (Å²) in [6.07, 6.45) is 3.25. The van der Waals surface area contributed by atoms with Crippen LogP contribution in [0.25, 0.3) is 5.57 Å². The highest BCUT2D eigenvalue weighted by Gasteiger charge is 2.40. The van der Waals surface area contributed by atoms with E-state index in [-0.39, 0.29) is 11.8 Å². The molecular weight excluding hydrogens is 404 g/mol. The molecule has 1 aliphatic heterocycles. The van der Waals surface area contributed by atoms with Gasteiger partial charge in [0.2, 0.25) is 0 Å². The van der Waals surface area contributed by atoms with Crippen LogP contribution in [-0.4, -0.2) is 11.8 Å². The first kappa shape index (κ1) is 21.1. The lowest BCUT2D eigenvalue weighted by atomic mass is 10.1. The van der Waals surface area contributed by atoms with Gasteiger partial charge in [0.25, 0.3) is 11.8 Å². The van der Waals surface area contributed by atoms with Gasteiger partial charge in [0.15, 0.2) is 0 Å². The molecule has 4 rings (SSSR count). The van der Waals surface area contributed by atoms with Gasteiger partial charge in [0.05, 0.1) is 11.3 Å². The fourth-order valence-corrected chi connectivity index (χ4v) is 4.50. The summed E-state index contributed by atoms with van der Waals surface area (Å²) in [5.74, 6) is -0.614. The maximum Gasteiger partial charge on any atom is 0.282 e. The molecule has 0 fully saturated rings. The average molecular weight is 431 g/mol. The Kier molecular flexibility index (Phi) is 6.05. The Morgan fingerprint density at radius 2 is 1.74 bits per heavy atom. The Balaban J connectivity index is 1.72. The normalized spacial score (nSPS) is 14.0. The highest BCUT2D eigenvalue weighted by atomic mass is 32.1. The molecule has 31 heavy (non-hydrogen) atoms. The molecule has 1 N–H and O–H groups in total. The molecule has 3 aromatic rings. The van der Waals surface area contributed by atoms with Crippen molar-refractivity contribution >= 4 is 40.1 Å². The summed E-state index contributed by atoms with van der Waals surface area (Å²) in [6.45, 7) is 6.16. The fraction of sp³-hybridized carbons (Fsp3) is 0.231. The number of unbranched alkanes of at least 4 members (excludes halogenated alkanes) is 1. The topological polar surface area (TPSA) is 49.4 Å². The van der Waals surface area contributed by atoms with Crippen molar-refractivity contribution in [3.05, 3.63) is 87.2 Å². The van der Waals surface area contributed by atoms with Gasteiger partial charge in [-0.15, -0.1) is 11.3 Å². The van der Waals surface area contributed by atoms with E-state index in [4.69, 9.17) is 0 Å². The first-order valence-corrected chi connectivity index (χ1v) is 11.5. The third-order valence-corrected chi connectivity index (χ3v) is 6.41. The van der Waals surface area contributed by atoms with Gasteiger partial charge in [0, 0.05) is 10.6 Å². The molecule has 2 aromatic carbocycles. The Hall–Kier alpha value is -3.18. The van der Waals surface area contributed by atoms with Gasteiger partial charge >= 0.3 is 0 Å². The monoisotopic (exact) mass is 430 g/mol. The highest BCUT2D eigenvalue weighted by Crippen LogP contribution is 2.36. The number of nitrogens with one attached hydrogen (secondary N) is 1. The van der Waals surface area contributed by atoms with Crippen molar-refractivity contribution < 1.29 is 9.59 Å². The third kappa shape index (κ3) is 4.19. The molecule has 0 radical (unpaired) electrons. The van der Waals surface area contributed by atoms with Gasteiger partial charge in [-0.1, -0.05) is 43.7 Å². The quantitative estimate of drug-likeness (QED) is 0.461. The molecule has 0 saturated carbocycles. The highest BCUT2D eigenvalue weighted by molar-refractivity contribution is 7.11. The number of aryl methyl sites for hydroxylation is 3. The summed E-state index contributed by atoms with van der Waals surface area (Å²) in [5.41, 5.74) is 5.51. The number of anilines is 2. The van der Waals surface area contributed by atoms with E-state index in [0.717, 1.165) is 41.0 Å². The van der Waals surface area contributed by atoms with Gasteiger partial charge in [-0.2, -0.15) is 0 Å². The molecule has 0 unspecified atom stereocenters. The maximum atomic E-state index is 13.5. The SMILES string of the molecule is CCCCc1ccc(N2C(=O)C(Nc3cc(C)ccc3C)=C(c3cccs3)C2=O)cc1. The Bertz CT molecular complexity index is 1140. The van der Waals surface area contributed by atoms with E-state index in [1.165, 1.54) is 21.8 Å². The van der Waals surface area contributed by atoms with Crippen molar-refractivity contribution in [1.82, 2.24) is 0 Å². The summed E-state index contributed by atoms with van der Waals surface area (Å²) >= 11 is 1.46. The summed E-state index contributed by atoms with van der Waals surface area (Å²) in [4.78, 5) is 29.0. The predicted molar refractivity (Wildman–Crippen MR) is 128 cm³/mol. The van der Waals surface area contributed by atoms with Crippen LogP contribution in [0.2, 0.25) is 0 Å². The second-order valence-electron chi connectivity index (χ2n) is 7.89. The molecule has 0 atom stereocenters. The number of nitrogens with zero attached hydrogens (tertiary/aromatic N) is 1. The van der Waals surface area contributed by atoms with E-state index >= 15 is 0 Å². The second kappa shape index (κ2) is 8.90. The lowest BCUT2D eigenvalue weighted by molar-refractivity contribution is -0.120. The third-order valence-electron chi connectivity index (χ3n) is 5.52. The van der Waals surface area contributed by atoms with Crippen LogP contribution in [0.5, 0.6) is 0 Å². The molecule has 0 bridgehead atoms. The predicted octanol–water partition coefficient (Wildman–Crippen LogP) is 6.10. The fourth-order valence-electron chi connectivity index (χ4n) is 3.73. The number of carbonyl (C=O) groups is 2. The van der Waals surface area contributed by atoms with Crippen molar-refractivity contribution in [2.45, 2.75) is 40.0 Å². The molecular formula is C26H26N2O2S. The van der Waals surface area contributed by atoms with Crippen LogP contribution in [0, 0.1) is 13.8 Å². The lowest BCUT2D eigenvalue weighted by Gasteiger charge is -2.16. The van der Waals surface area contributed by atoms with Crippen LogP contribution in [0.3, 0.4) is 0 Å². The molecule has 0 spiro atoms. The molecule has 1 aliphatic rings. The Morgan fingerprint density at radius 1 is 0.968 bits per heavy atom. The van der Waals surface area contributed by atoms with Crippen LogP contribution >= 0.6 is 11.3 Å². The van der Waals surface area contributed by atoms with E-state index in [2.05, 4.69) is 12.2 Å².